The van der Waals surface area contributed by atoms with Crippen molar-refractivity contribution in [3.63, 3.8) is 0 Å². The molecule has 0 saturated heterocycles. The molecule has 0 fully saturated rings. The minimum atomic E-state index is -3.37. The normalized spacial score (nSPS) is 11.9. The molecule has 0 radical (unpaired) electrons. The third-order valence-corrected chi connectivity index (χ3v) is 5.48. The van der Waals surface area contributed by atoms with Gasteiger partial charge in [-0.05, 0) is 30.5 Å². The zero-order valence-corrected chi connectivity index (χ0v) is 11.3. The molecule has 0 spiro atoms. The van der Waals surface area contributed by atoms with Gasteiger partial charge >= 0.3 is 0 Å². The van der Waals surface area contributed by atoms with Crippen molar-refractivity contribution < 1.29 is 8.42 Å². The van der Waals surface area contributed by atoms with Crippen molar-refractivity contribution >= 4 is 21.4 Å². The number of nitrogens with one attached hydrogen (secondary N) is 1. The van der Waals surface area contributed by atoms with Gasteiger partial charge < -0.3 is 4.57 Å². The van der Waals surface area contributed by atoms with Crippen LogP contribution in [-0.4, -0.2) is 13.0 Å². The highest BCUT2D eigenvalue weighted by Gasteiger charge is 2.15. The third-order valence-electron chi connectivity index (χ3n) is 2.68. The van der Waals surface area contributed by atoms with Crippen LogP contribution < -0.4 is 4.72 Å². The number of sulfonamides is 1. The van der Waals surface area contributed by atoms with Crippen LogP contribution in [0.3, 0.4) is 0 Å². The SMILES string of the molecule is Cc1ccc(CNS(=O)(=O)c2cccs2)n1C. The summed E-state index contributed by atoms with van der Waals surface area (Å²) in [5.74, 6) is 0. The quantitative estimate of drug-likeness (QED) is 0.922. The molecule has 2 rings (SSSR count). The molecule has 0 aliphatic heterocycles. The minimum absolute atomic E-state index is 0.310. The summed E-state index contributed by atoms with van der Waals surface area (Å²) in [6.07, 6.45) is 0. The first-order valence-electron chi connectivity index (χ1n) is 5.15. The smallest absolute Gasteiger partial charge is 0.250 e. The number of aryl methyl sites for hydroxylation is 1. The topological polar surface area (TPSA) is 51.1 Å². The molecule has 2 heterocycles. The zero-order chi connectivity index (χ0) is 12.5. The maximum atomic E-state index is 11.9. The Bertz CT molecular complexity index is 597. The molecule has 6 heteroatoms. The first-order chi connectivity index (χ1) is 8.00. The van der Waals surface area contributed by atoms with Gasteiger partial charge in [-0.2, -0.15) is 0 Å². The van der Waals surface area contributed by atoms with Crippen LogP contribution in [0.2, 0.25) is 0 Å². The number of nitrogens with zero attached hydrogens (tertiary/aromatic N) is 1. The van der Waals surface area contributed by atoms with E-state index in [0.717, 1.165) is 11.4 Å². The molecule has 17 heavy (non-hydrogen) atoms. The van der Waals surface area contributed by atoms with Crippen molar-refractivity contribution in [2.24, 2.45) is 7.05 Å². The Morgan fingerprint density at radius 2 is 2.12 bits per heavy atom. The highest BCUT2D eigenvalue weighted by atomic mass is 32.2. The Labute approximate surface area is 105 Å². The lowest BCUT2D eigenvalue weighted by Crippen LogP contribution is -2.23. The van der Waals surface area contributed by atoms with E-state index >= 15 is 0 Å². The second kappa shape index (κ2) is 4.64. The molecule has 4 nitrogen and oxygen atoms in total. The van der Waals surface area contributed by atoms with Gasteiger partial charge in [0.2, 0.25) is 10.0 Å². The first-order valence-corrected chi connectivity index (χ1v) is 7.51. The summed E-state index contributed by atoms with van der Waals surface area (Å²) < 4.78 is 28.7. The molecule has 0 unspecified atom stereocenters. The van der Waals surface area contributed by atoms with Gasteiger partial charge in [-0.1, -0.05) is 6.07 Å². The van der Waals surface area contributed by atoms with Gasteiger partial charge in [0.15, 0.2) is 0 Å². The molecule has 1 N–H and O–H groups in total. The van der Waals surface area contributed by atoms with E-state index in [-0.39, 0.29) is 0 Å². The number of hydrogen-bond donors (Lipinski definition) is 1. The van der Waals surface area contributed by atoms with Crippen LogP contribution in [0.15, 0.2) is 33.9 Å². The van der Waals surface area contributed by atoms with Crippen molar-refractivity contribution in [2.45, 2.75) is 17.7 Å². The molecule has 0 bridgehead atoms. The molecule has 2 aromatic rings. The standard InChI is InChI=1S/C11H14N2O2S2/c1-9-5-6-10(13(9)2)8-12-17(14,15)11-4-3-7-16-11/h3-7,12H,8H2,1-2H3. The maximum absolute atomic E-state index is 11.9. The van der Waals surface area contributed by atoms with Crippen molar-refractivity contribution in [1.82, 2.24) is 9.29 Å². The molecular formula is C11H14N2O2S2. The Hall–Kier alpha value is -1.11. The highest BCUT2D eigenvalue weighted by Crippen LogP contribution is 2.16. The lowest BCUT2D eigenvalue weighted by atomic mass is 10.4. The van der Waals surface area contributed by atoms with E-state index in [1.807, 2.05) is 30.7 Å². The second-order valence-corrected chi connectivity index (χ2v) is 6.72. The number of thiophene rings is 1. The van der Waals surface area contributed by atoms with Crippen LogP contribution in [0.1, 0.15) is 11.4 Å². The summed E-state index contributed by atoms with van der Waals surface area (Å²) >= 11 is 1.22. The van der Waals surface area contributed by atoms with Gasteiger partial charge in [0.25, 0.3) is 0 Å². The van der Waals surface area contributed by atoms with Crippen molar-refractivity contribution in [1.29, 1.82) is 0 Å². The highest BCUT2D eigenvalue weighted by molar-refractivity contribution is 7.91. The molecule has 0 aliphatic carbocycles. The molecule has 0 aromatic carbocycles. The van der Waals surface area contributed by atoms with Gasteiger partial charge in [0.1, 0.15) is 4.21 Å². The second-order valence-electron chi connectivity index (χ2n) is 3.78. The lowest BCUT2D eigenvalue weighted by molar-refractivity contribution is 0.581. The summed E-state index contributed by atoms with van der Waals surface area (Å²) in [5.41, 5.74) is 2.05. The van der Waals surface area contributed by atoms with Gasteiger partial charge in [-0.25, -0.2) is 13.1 Å². The van der Waals surface area contributed by atoms with Crippen LogP contribution >= 0.6 is 11.3 Å². The zero-order valence-electron chi connectivity index (χ0n) is 9.67. The van der Waals surface area contributed by atoms with Crippen LogP contribution in [0.25, 0.3) is 0 Å². The molecular weight excluding hydrogens is 256 g/mol. The third kappa shape index (κ3) is 2.59. The molecule has 0 aliphatic rings. The lowest BCUT2D eigenvalue weighted by Gasteiger charge is -2.07. The van der Waals surface area contributed by atoms with Crippen LogP contribution in [0.5, 0.6) is 0 Å². The van der Waals surface area contributed by atoms with E-state index in [4.69, 9.17) is 0 Å². The summed E-state index contributed by atoms with van der Waals surface area (Å²) in [6, 6.07) is 7.22. The molecule has 92 valence electrons. The fourth-order valence-corrected chi connectivity index (χ4v) is 3.54. The summed E-state index contributed by atoms with van der Waals surface area (Å²) in [4.78, 5) is 0. The fourth-order valence-electron chi connectivity index (χ4n) is 1.50. The predicted molar refractivity (Wildman–Crippen MR) is 68.5 cm³/mol. The van der Waals surface area contributed by atoms with Gasteiger partial charge in [-0.15, -0.1) is 11.3 Å². The summed E-state index contributed by atoms with van der Waals surface area (Å²) in [7, 11) is -1.45. The van der Waals surface area contributed by atoms with E-state index in [1.54, 1.807) is 17.5 Å². The Morgan fingerprint density at radius 3 is 2.65 bits per heavy atom. The van der Waals surface area contributed by atoms with Crippen molar-refractivity contribution in [3.8, 4) is 0 Å². The van der Waals surface area contributed by atoms with Gasteiger partial charge in [0, 0.05) is 18.4 Å². The van der Waals surface area contributed by atoms with Crippen LogP contribution in [-0.2, 0) is 23.6 Å². The Morgan fingerprint density at radius 1 is 1.35 bits per heavy atom. The monoisotopic (exact) mass is 270 g/mol. The van der Waals surface area contributed by atoms with Crippen LogP contribution in [0.4, 0.5) is 0 Å². The van der Waals surface area contributed by atoms with Gasteiger partial charge in [0.05, 0.1) is 6.54 Å². The Kier molecular flexibility index (Phi) is 3.37. The first kappa shape index (κ1) is 12.3. The van der Waals surface area contributed by atoms with E-state index in [9.17, 15) is 8.42 Å². The number of aromatic nitrogens is 1. The van der Waals surface area contributed by atoms with E-state index in [1.165, 1.54) is 11.3 Å². The molecule has 0 amide bonds. The molecule has 0 saturated carbocycles. The van der Waals surface area contributed by atoms with E-state index in [0.29, 0.717) is 10.8 Å². The minimum Gasteiger partial charge on any atom is -0.351 e. The fraction of sp³-hybridized carbons (Fsp3) is 0.273. The molecule has 2 aromatic heterocycles. The van der Waals surface area contributed by atoms with Gasteiger partial charge in [-0.3, -0.25) is 0 Å². The summed E-state index contributed by atoms with van der Waals surface area (Å²) in [5, 5.41) is 1.75. The average molecular weight is 270 g/mol. The predicted octanol–water partition coefficient (Wildman–Crippen LogP) is 1.87. The average Bonchev–Trinajstić information content (AvgIpc) is 2.90. The number of rotatable bonds is 4. The van der Waals surface area contributed by atoms with Crippen molar-refractivity contribution in [2.75, 3.05) is 0 Å². The molecule has 0 atom stereocenters. The Balaban J connectivity index is 2.11. The number of hydrogen-bond acceptors (Lipinski definition) is 3. The van der Waals surface area contributed by atoms with E-state index in [2.05, 4.69) is 4.72 Å². The van der Waals surface area contributed by atoms with E-state index < -0.39 is 10.0 Å². The van der Waals surface area contributed by atoms with Crippen molar-refractivity contribution in [3.05, 3.63) is 41.0 Å². The largest absolute Gasteiger partial charge is 0.351 e. The van der Waals surface area contributed by atoms with Crippen LogP contribution in [0, 0.1) is 6.92 Å². The maximum Gasteiger partial charge on any atom is 0.250 e. The summed E-state index contributed by atoms with van der Waals surface area (Å²) in [6.45, 7) is 2.29.